The molecule has 0 aliphatic heterocycles. The Balaban J connectivity index is 2.91. The van der Waals surface area contributed by atoms with Crippen LogP contribution in [0, 0.1) is 17.2 Å². The van der Waals surface area contributed by atoms with Crippen molar-refractivity contribution in [3.8, 4) is 6.07 Å². The van der Waals surface area contributed by atoms with Crippen LogP contribution in [0.3, 0.4) is 0 Å². The van der Waals surface area contributed by atoms with Crippen molar-refractivity contribution in [2.45, 2.75) is 6.42 Å². The van der Waals surface area contributed by atoms with Gasteiger partial charge in [-0.2, -0.15) is 5.26 Å². The van der Waals surface area contributed by atoms with E-state index in [0.29, 0.717) is 21.8 Å². The van der Waals surface area contributed by atoms with Gasteiger partial charge >= 0.3 is 0 Å². The Morgan fingerprint density at radius 2 is 1.93 bits per heavy atom. The number of nitrogens with zero attached hydrogens (tertiary/aromatic N) is 1. The van der Waals surface area contributed by atoms with E-state index in [-0.39, 0.29) is 5.92 Å². The molecule has 1 rings (SSSR count). The molecular formula is C10H8BrCl2N. The Morgan fingerprint density at radius 1 is 1.36 bits per heavy atom. The van der Waals surface area contributed by atoms with Crippen molar-refractivity contribution in [1.82, 2.24) is 0 Å². The molecule has 1 aromatic rings. The summed E-state index contributed by atoms with van der Waals surface area (Å²) in [6.45, 7) is 0. The predicted octanol–water partition coefficient (Wildman–Crippen LogP) is 4.07. The zero-order valence-corrected chi connectivity index (χ0v) is 10.4. The molecule has 14 heavy (non-hydrogen) atoms. The Bertz CT molecular complexity index is 339. The van der Waals surface area contributed by atoms with E-state index in [2.05, 4.69) is 22.0 Å². The molecule has 0 saturated carbocycles. The second-order valence-corrected chi connectivity index (χ2v) is 4.35. The van der Waals surface area contributed by atoms with E-state index < -0.39 is 0 Å². The number of nitriles is 1. The van der Waals surface area contributed by atoms with Gasteiger partial charge in [-0.1, -0.05) is 45.2 Å². The summed E-state index contributed by atoms with van der Waals surface area (Å²) in [6, 6.07) is 7.55. The molecule has 1 unspecified atom stereocenters. The van der Waals surface area contributed by atoms with Gasteiger partial charge in [0.25, 0.3) is 0 Å². The summed E-state index contributed by atoms with van der Waals surface area (Å²) in [7, 11) is 0. The first-order chi connectivity index (χ1) is 6.69. The zero-order valence-electron chi connectivity index (χ0n) is 7.30. The Labute approximate surface area is 102 Å². The number of halogens is 3. The monoisotopic (exact) mass is 291 g/mol. The van der Waals surface area contributed by atoms with Gasteiger partial charge in [0.2, 0.25) is 0 Å². The number of rotatable bonds is 3. The fourth-order valence-corrected chi connectivity index (χ4v) is 2.03. The molecule has 0 bridgehead atoms. The van der Waals surface area contributed by atoms with Crippen molar-refractivity contribution in [2.75, 3.05) is 5.33 Å². The largest absolute Gasteiger partial charge is 0.198 e. The average molecular weight is 293 g/mol. The lowest BCUT2D eigenvalue weighted by Gasteiger charge is -2.08. The molecular weight excluding hydrogens is 285 g/mol. The molecule has 4 heteroatoms. The first-order valence-electron chi connectivity index (χ1n) is 4.07. The van der Waals surface area contributed by atoms with Crippen molar-refractivity contribution in [3.05, 3.63) is 33.8 Å². The Morgan fingerprint density at radius 3 is 2.36 bits per heavy atom. The molecule has 1 nitrogen and oxygen atoms in total. The van der Waals surface area contributed by atoms with Crippen LogP contribution in [-0.4, -0.2) is 5.33 Å². The molecule has 1 atom stereocenters. The normalized spacial score (nSPS) is 12.1. The van der Waals surface area contributed by atoms with Gasteiger partial charge in [-0.05, 0) is 24.1 Å². The van der Waals surface area contributed by atoms with Crippen LogP contribution in [0.15, 0.2) is 18.2 Å². The standard InChI is InChI=1S/C10H8BrCl2N/c11-5-7(6-14)4-8-9(12)2-1-3-10(8)13/h1-3,7H,4-5H2. The van der Waals surface area contributed by atoms with Gasteiger partial charge in [0.15, 0.2) is 0 Å². The smallest absolute Gasteiger partial charge is 0.0668 e. The summed E-state index contributed by atoms with van der Waals surface area (Å²) in [6.07, 6.45) is 0.584. The summed E-state index contributed by atoms with van der Waals surface area (Å²) >= 11 is 15.2. The maximum atomic E-state index is 8.80. The second-order valence-electron chi connectivity index (χ2n) is 2.88. The molecule has 0 heterocycles. The van der Waals surface area contributed by atoms with Crippen molar-refractivity contribution < 1.29 is 0 Å². The van der Waals surface area contributed by atoms with E-state index in [0.717, 1.165) is 5.56 Å². The van der Waals surface area contributed by atoms with Crippen LogP contribution >= 0.6 is 39.1 Å². The van der Waals surface area contributed by atoms with Gasteiger partial charge in [0.1, 0.15) is 0 Å². The van der Waals surface area contributed by atoms with E-state index in [1.54, 1.807) is 18.2 Å². The molecule has 0 fully saturated rings. The topological polar surface area (TPSA) is 23.8 Å². The minimum atomic E-state index is -0.0904. The molecule has 0 aliphatic carbocycles. The Hall–Kier alpha value is -0.230. The maximum absolute atomic E-state index is 8.80. The van der Waals surface area contributed by atoms with Crippen LogP contribution in [0.1, 0.15) is 5.56 Å². The highest BCUT2D eigenvalue weighted by molar-refractivity contribution is 9.09. The second kappa shape index (κ2) is 5.60. The number of alkyl halides is 1. The zero-order chi connectivity index (χ0) is 10.6. The molecule has 74 valence electrons. The lowest BCUT2D eigenvalue weighted by atomic mass is 10.0. The van der Waals surface area contributed by atoms with Crippen molar-refractivity contribution >= 4 is 39.1 Å². The van der Waals surface area contributed by atoms with Crippen LogP contribution in [0.25, 0.3) is 0 Å². The molecule has 0 spiro atoms. The SMILES string of the molecule is N#CC(CBr)Cc1c(Cl)cccc1Cl. The molecule has 0 N–H and O–H groups in total. The highest BCUT2D eigenvalue weighted by atomic mass is 79.9. The molecule has 0 amide bonds. The summed E-state index contributed by atoms with van der Waals surface area (Å²) in [5.74, 6) is -0.0904. The van der Waals surface area contributed by atoms with E-state index in [1.165, 1.54) is 0 Å². The van der Waals surface area contributed by atoms with Gasteiger partial charge in [0.05, 0.1) is 12.0 Å². The van der Waals surface area contributed by atoms with Crippen molar-refractivity contribution in [3.63, 3.8) is 0 Å². The van der Waals surface area contributed by atoms with E-state index >= 15 is 0 Å². The van der Waals surface area contributed by atoms with E-state index in [1.807, 2.05) is 0 Å². The maximum Gasteiger partial charge on any atom is 0.0668 e. The van der Waals surface area contributed by atoms with Crippen LogP contribution in [0.2, 0.25) is 10.0 Å². The highest BCUT2D eigenvalue weighted by Gasteiger charge is 2.12. The number of hydrogen-bond donors (Lipinski definition) is 0. The molecule has 0 saturated heterocycles. The van der Waals surface area contributed by atoms with Crippen LogP contribution in [-0.2, 0) is 6.42 Å². The van der Waals surface area contributed by atoms with Gasteiger partial charge in [-0.25, -0.2) is 0 Å². The van der Waals surface area contributed by atoms with Crippen molar-refractivity contribution in [2.24, 2.45) is 5.92 Å². The third-order valence-corrected chi connectivity index (χ3v) is 3.37. The quantitative estimate of drug-likeness (QED) is 0.771. The summed E-state index contributed by atoms with van der Waals surface area (Å²) in [5, 5.41) is 10.7. The number of hydrogen-bond acceptors (Lipinski definition) is 1. The first kappa shape index (κ1) is 11.8. The fourth-order valence-electron chi connectivity index (χ4n) is 1.11. The van der Waals surface area contributed by atoms with Gasteiger partial charge in [-0.15, -0.1) is 0 Å². The number of benzene rings is 1. The van der Waals surface area contributed by atoms with Crippen LogP contribution < -0.4 is 0 Å². The highest BCUT2D eigenvalue weighted by Crippen LogP contribution is 2.27. The summed E-state index contributed by atoms with van der Waals surface area (Å²) < 4.78 is 0. The minimum Gasteiger partial charge on any atom is -0.198 e. The van der Waals surface area contributed by atoms with Gasteiger partial charge in [0, 0.05) is 15.4 Å². The van der Waals surface area contributed by atoms with Crippen molar-refractivity contribution in [1.29, 1.82) is 5.26 Å². The van der Waals surface area contributed by atoms with E-state index in [4.69, 9.17) is 28.5 Å². The molecule has 0 aliphatic rings. The third-order valence-electron chi connectivity index (χ3n) is 1.88. The fraction of sp³-hybridized carbons (Fsp3) is 0.300. The molecule has 0 aromatic heterocycles. The van der Waals surface area contributed by atoms with Crippen LogP contribution in [0.5, 0.6) is 0 Å². The van der Waals surface area contributed by atoms with Crippen LogP contribution in [0.4, 0.5) is 0 Å². The van der Waals surface area contributed by atoms with Gasteiger partial charge in [-0.3, -0.25) is 0 Å². The molecule has 1 aromatic carbocycles. The third kappa shape index (κ3) is 2.88. The Kier molecular flexibility index (Phi) is 4.74. The first-order valence-corrected chi connectivity index (χ1v) is 5.95. The lowest BCUT2D eigenvalue weighted by molar-refractivity contribution is 0.756. The lowest BCUT2D eigenvalue weighted by Crippen LogP contribution is -2.04. The summed E-state index contributed by atoms with van der Waals surface area (Å²) in [5.41, 5.74) is 0.849. The van der Waals surface area contributed by atoms with Gasteiger partial charge < -0.3 is 0 Å². The predicted molar refractivity (Wildman–Crippen MR) is 63.1 cm³/mol. The molecule has 0 radical (unpaired) electrons. The van der Waals surface area contributed by atoms with E-state index in [9.17, 15) is 0 Å². The minimum absolute atomic E-state index is 0.0904. The summed E-state index contributed by atoms with van der Waals surface area (Å²) in [4.78, 5) is 0. The average Bonchev–Trinajstić information content (AvgIpc) is 2.18.